The van der Waals surface area contributed by atoms with Gasteiger partial charge in [-0.2, -0.15) is 0 Å². The van der Waals surface area contributed by atoms with Crippen LogP contribution in [0.25, 0.3) is 0 Å². The Kier molecular flexibility index (Phi) is 5.62. The quantitative estimate of drug-likeness (QED) is 0.524. The van der Waals surface area contributed by atoms with Crippen LogP contribution >= 0.6 is 0 Å². The number of aromatic nitrogens is 2. The topological polar surface area (TPSA) is 93.2 Å². The predicted molar refractivity (Wildman–Crippen MR) is 112 cm³/mol. The summed E-state index contributed by atoms with van der Waals surface area (Å²) in [6.45, 7) is 1.63. The monoisotopic (exact) mass is 390 g/mol. The average molecular weight is 390 g/mol. The summed E-state index contributed by atoms with van der Waals surface area (Å²) in [6.07, 6.45) is 6.86. The number of aromatic hydroxyl groups is 1. The summed E-state index contributed by atoms with van der Waals surface area (Å²) in [7, 11) is 0. The average Bonchev–Trinajstić information content (AvgIpc) is 3.36. The Labute approximate surface area is 170 Å². The van der Waals surface area contributed by atoms with E-state index in [0.717, 1.165) is 37.2 Å². The van der Waals surface area contributed by atoms with E-state index in [0.29, 0.717) is 12.0 Å². The Hall–Kier alpha value is -3.12. The first-order valence-electron chi connectivity index (χ1n) is 10.0. The molecule has 150 valence electrons. The van der Waals surface area contributed by atoms with Gasteiger partial charge in [0.05, 0.1) is 17.6 Å². The Morgan fingerprint density at radius 3 is 2.83 bits per heavy atom. The number of carbonyl (C=O) groups is 1. The van der Waals surface area contributed by atoms with Gasteiger partial charge in [-0.05, 0) is 42.5 Å². The first-order valence-corrected chi connectivity index (χ1v) is 10.0. The number of nitrogens with one attached hydrogen (secondary N) is 1. The molecule has 1 heterocycles. The van der Waals surface area contributed by atoms with Crippen molar-refractivity contribution in [2.24, 2.45) is 5.73 Å². The van der Waals surface area contributed by atoms with E-state index in [-0.39, 0.29) is 11.3 Å². The maximum atomic E-state index is 11.2. The van der Waals surface area contributed by atoms with Gasteiger partial charge in [0.1, 0.15) is 5.75 Å². The fourth-order valence-electron chi connectivity index (χ4n) is 3.75. The van der Waals surface area contributed by atoms with E-state index in [1.54, 1.807) is 12.1 Å². The van der Waals surface area contributed by atoms with Gasteiger partial charge in [0.2, 0.25) is 0 Å². The summed E-state index contributed by atoms with van der Waals surface area (Å²) in [4.78, 5) is 15.7. The van der Waals surface area contributed by atoms with E-state index < -0.39 is 5.91 Å². The maximum Gasteiger partial charge on any atom is 0.252 e. The van der Waals surface area contributed by atoms with Crippen molar-refractivity contribution < 1.29 is 9.90 Å². The lowest BCUT2D eigenvalue weighted by molar-refractivity contribution is 0.0997. The minimum absolute atomic E-state index is 0.0557. The van der Waals surface area contributed by atoms with Gasteiger partial charge in [-0.3, -0.25) is 4.79 Å². The van der Waals surface area contributed by atoms with Crippen LogP contribution < -0.4 is 11.1 Å². The molecule has 1 aromatic heterocycles. The van der Waals surface area contributed by atoms with Gasteiger partial charge in [-0.25, -0.2) is 4.98 Å². The summed E-state index contributed by atoms with van der Waals surface area (Å²) in [5.41, 5.74) is 8.81. The molecule has 1 amide bonds. The van der Waals surface area contributed by atoms with Crippen molar-refractivity contribution in [3.63, 3.8) is 0 Å². The first-order chi connectivity index (χ1) is 14.1. The van der Waals surface area contributed by atoms with Crippen LogP contribution in [0.1, 0.15) is 45.9 Å². The Bertz CT molecular complexity index is 984. The smallest absolute Gasteiger partial charge is 0.252 e. The highest BCUT2D eigenvalue weighted by atomic mass is 16.3. The molecule has 4 rings (SSSR count). The molecule has 2 atom stereocenters. The Balaban J connectivity index is 1.21. The van der Waals surface area contributed by atoms with Crippen LogP contribution in [0.5, 0.6) is 5.75 Å². The molecule has 1 aliphatic carbocycles. The number of hydrogen-bond donors (Lipinski definition) is 3. The van der Waals surface area contributed by atoms with Gasteiger partial charge in [0.25, 0.3) is 5.91 Å². The highest BCUT2D eigenvalue weighted by molar-refractivity contribution is 5.95. The summed E-state index contributed by atoms with van der Waals surface area (Å²) in [6, 6.07) is 16.2. The summed E-state index contributed by atoms with van der Waals surface area (Å²) >= 11 is 0. The number of imidazole rings is 1. The molecule has 2 unspecified atom stereocenters. The Morgan fingerprint density at radius 2 is 2.07 bits per heavy atom. The Morgan fingerprint density at radius 1 is 1.24 bits per heavy atom. The summed E-state index contributed by atoms with van der Waals surface area (Å²) in [5.74, 6) is -0.0505. The normalized spacial score (nSPS) is 17.9. The zero-order valence-corrected chi connectivity index (χ0v) is 16.3. The van der Waals surface area contributed by atoms with E-state index in [1.807, 2.05) is 12.4 Å². The number of nitrogens with two attached hydrogens (primary N) is 1. The van der Waals surface area contributed by atoms with Crippen molar-refractivity contribution in [1.29, 1.82) is 0 Å². The third kappa shape index (κ3) is 4.84. The molecule has 1 saturated carbocycles. The second-order valence-electron chi connectivity index (χ2n) is 7.66. The number of carbonyl (C=O) groups excluding carboxylic acids is 1. The molecule has 1 fully saturated rings. The number of primary amides is 1. The largest absolute Gasteiger partial charge is 0.507 e. The van der Waals surface area contributed by atoms with Gasteiger partial charge in [0, 0.05) is 31.2 Å². The standard InChI is InChI=1S/C23H26N4O2/c24-23(29)19-9-8-16(11-22(19)28)5-4-10-27-14-18(26-15-27)13-25-21-12-20(21)17-6-2-1-3-7-17/h1-3,6-9,11,14-15,20-21,25,28H,4-5,10,12-13H2,(H2,24,29). The van der Waals surface area contributed by atoms with Crippen LogP contribution in [0.15, 0.2) is 61.1 Å². The molecular weight excluding hydrogens is 364 g/mol. The maximum absolute atomic E-state index is 11.2. The predicted octanol–water partition coefficient (Wildman–Crippen LogP) is 2.97. The zero-order valence-electron chi connectivity index (χ0n) is 16.3. The van der Waals surface area contributed by atoms with Crippen LogP contribution in [-0.4, -0.2) is 26.6 Å². The second kappa shape index (κ2) is 8.49. The van der Waals surface area contributed by atoms with Crippen LogP contribution in [-0.2, 0) is 19.5 Å². The molecule has 0 saturated heterocycles. The lowest BCUT2D eigenvalue weighted by Crippen LogP contribution is -2.17. The van der Waals surface area contributed by atoms with E-state index >= 15 is 0 Å². The molecule has 6 heteroatoms. The zero-order chi connectivity index (χ0) is 20.2. The second-order valence-corrected chi connectivity index (χ2v) is 7.66. The van der Waals surface area contributed by atoms with Crippen molar-refractivity contribution in [3.05, 3.63) is 83.4 Å². The van der Waals surface area contributed by atoms with Gasteiger partial charge < -0.3 is 20.7 Å². The summed E-state index contributed by atoms with van der Waals surface area (Å²) < 4.78 is 2.09. The van der Waals surface area contributed by atoms with E-state index in [4.69, 9.17) is 5.73 Å². The number of benzene rings is 2. The number of rotatable bonds is 9. The SMILES string of the molecule is NC(=O)c1ccc(CCCn2cnc(CNC3CC3c3ccccc3)c2)cc1O. The molecule has 0 aliphatic heterocycles. The number of aryl methyl sites for hydroxylation is 2. The van der Waals surface area contributed by atoms with Crippen molar-refractivity contribution in [1.82, 2.24) is 14.9 Å². The molecular formula is C23H26N4O2. The molecule has 1 aliphatic rings. The number of nitrogens with zero attached hydrogens (tertiary/aromatic N) is 2. The van der Waals surface area contributed by atoms with Crippen LogP contribution in [0, 0.1) is 0 Å². The van der Waals surface area contributed by atoms with Crippen LogP contribution in [0.3, 0.4) is 0 Å². The molecule has 3 aromatic rings. The van der Waals surface area contributed by atoms with E-state index in [9.17, 15) is 9.90 Å². The minimum Gasteiger partial charge on any atom is -0.507 e. The lowest BCUT2D eigenvalue weighted by Gasteiger charge is -2.06. The van der Waals surface area contributed by atoms with Gasteiger partial charge >= 0.3 is 0 Å². The third-order valence-corrected chi connectivity index (χ3v) is 5.46. The molecule has 4 N–H and O–H groups in total. The van der Waals surface area contributed by atoms with E-state index in [1.165, 1.54) is 12.0 Å². The molecule has 0 radical (unpaired) electrons. The van der Waals surface area contributed by atoms with E-state index in [2.05, 4.69) is 51.4 Å². The molecule has 0 spiro atoms. The molecule has 0 bridgehead atoms. The van der Waals surface area contributed by atoms with Gasteiger partial charge in [0.15, 0.2) is 0 Å². The van der Waals surface area contributed by atoms with Crippen molar-refractivity contribution >= 4 is 5.91 Å². The molecule has 6 nitrogen and oxygen atoms in total. The summed E-state index contributed by atoms with van der Waals surface area (Å²) in [5, 5.41) is 13.5. The highest BCUT2D eigenvalue weighted by Gasteiger charge is 2.37. The highest BCUT2D eigenvalue weighted by Crippen LogP contribution is 2.40. The van der Waals surface area contributed by atoms with Gasteiger partial charge in [-0.1, -0.05) is 36.4 Å². The third-order valence-electron chi connectivity index (χ3n) is 5.46. The fourth-order valence-corrected chi connectivity index (χ4v) is 3.75. The van der Waals surface area contributed by atoms with Crippen molar-refractivity contribution in [2.45, 2.75) is 44.3 Å². The fraction of sp³-hybridized carbons (Fsp3) is 0.304. The molecule has 2 aromatic carbocycles. The number of hydrogen-bond acceptors (Lipinski definition) is 4. The lowest BCUT2D eigenvalue weighted by atomic mass is 10.1. The van der Waals surface area contributed by atoms with Crippen molar-refractivity contribution in [3.8, 4) is 5.75 Å². The number of amides is 1. The van der Waals surface area contributed by atoms with Crippen LogP contribution in [0.4, 0.5) is 0 Å². The van der Waals surface area contributed by atoms with Crippen molar-refractivity contribution in [2.75, 3.05) is 0 Å². The molecule has 29 heavy (non-hydrogen) atoms. The minimum atomic E-state index is -0.616. The first kappa shape index (κ1) is 19.2. The number of phenols is 1. The van der Waals surface area contributed by atoms with Crippen LogP contribution in [0.2, 0.25) is 0 Å². The van der Waals surface area contributed by atoms with Gasteiger partial charge in [-0.15, -0.1) is 0 Å².